The Morgan fingerprint density at radius 1 is 1.44 bits per heavy atom. The van der Waals surface area contributed by atoms with Crippen molar-refractivity contribution < 1.29 is 0 Å². The highest BCUT2D eigenvalue weighted by Gasteiger charge is 2.04. The second kappa shape index (κ2) is 4.19. The van der Waals surface area contributed by atoms with Gasteiger partial charge < -0.3 is 16.0 Å². The molecule has 2 heterocycles. The maximum atomic E-state index is 11.0. The molecule has 6 nitrogen and oxygen atoms in total. The van der Waals surface area contributed by atoms with Gasteiger partial charge in [0.15, 0.2) is 0 Å². The number of nitrogens with zero attached hydrogens (tertiary/aromatic N) is 1. The SMILES string of the molecule is Nc1cc2cn[nH]c2cc1NCc1csc(=O)[nH]1. The van der Waals surface area contributed by atoms with Crippen LogP contribution in [0.4, 0.5) is 11.4 Å². The van der Waals surface area contributed by atoms with Crippen molar-refractivity contribution >= 4 is 33.6 Å². The molecule has 5 N–H and O–H groups in total. The van der Waals surface area contributed by atoms with E-state index in [9.17, 15) is 4.79 Å². The molecular weight excluding hydrogens is 250 g/mol. The van der Waals surface area contributed by atoms with Crippen LogP contribution < -0.4 is 15.9 Å². The fourth-order valence-electron chi connectivity index (χ4n) is 1.75. The Balaban J connectivity index is 1.85. The summed E-state index contributed by atoms with van der Waals surface area (Å²) in [6, 6.07) is 3.76. The van der Waals surface area contributed by atoms with Gasteiger partial charge in [0.25, 0.3) is 0 Å². The molecule has 3 aromatic rings. The van der Waals surface area contributed by atoms with Gasteiger partial charge in [0, 0.05) is 16.5 Å². The number of anilines is 2. The van der Waals surface area contributed by atoms with Crippen molar-refractivity contribution in [3.63, 3.8) is 0 Å². The van der Waals surface area contributed by atoms with E-state index >= 15 is 0 Å². The van der Waals surface area contributed by atoms with Gasteiger partial charge in [0.1, 0.15) is 0 Å². The quantitative estimate of drug-likeness (QED) is 0.537. The van der Waals surface area contributed by atoms with Crippen molar-refractivity contribution in [3.05, 3.63) is 39.1 Å². The Morgan fingerprint density at radius 2 is 2.33 bits per heavy atom. The predicted octanol–water partition coefficient (Wildman–Crippen LogP) is 1.51. The molecule has 0 aliphatic heterocycles. The van der Waals surface area contributed by atoms with E-state index < -0.39 is 0 Å². The largest absolute Gasteiger partial charge is 0.397 e. The maximum absolute atomic E-state index is 11.0. The number of rotatable bonds is 3. The summed E-state index contributed by atoms with van der Waals surface area (Å²) in [5, 5.41) is 12.8. The molecule has 0 saturated carbocycles. The van der Waals surface area contributed by atoms with Gasteiger partial charge in [-0.25, -0.2) is 0 Å². The van der Waals surface area contributed by atoms with Gasteiger partial charge in [0.05, 0.1) is 29.6 Å². The van der Waals surface area contributed by atoms with Gasteiger partial charge in [-0.05, 0) is 12.1 Å². The van der Waals surface area contributed by atoms with Crippen LogP contribution in [0.15, 0.2) is 28.5 Å². The lowest BCUT2D eigenvalue weighted by Gasteiger charge is -2.08. The van der Waals surface area contributed by atoms with E-state index in [2.05, 4.69) is 20.5 Å². The Labute approximate surface area is 106 Å². The zero-order valence-corrected chi connectivity index (χ0v) is 10.2. The fraction of sp³-hybridized carbons (Fsp3) is 0.0909. The van der Waals surface area contributed by atoms with E-state index in [4.69, 9.17) is 5.73 Å². The predicted molar refractivity (Wildman–Crippen MR) is 72.8 cm³/mol. The minimum absolute atomic E-state index is 0.0520. The highest BCUT2D eigenvalue weighted by atomic mass is 32.1. The first-order valence-corrected chi connectivity index (χ1v) is 6.23. The van der Waals surface area contributed by atoms with Crippen molar-refractivity contribution in [2.45, 2.75) is 6.54 Å². The molecule has 0 atom stereocenters. The fourth-order valence-corrected chi connectivity index (χ4v) is 2.33. The monoisotopic (exact) mass is 261 g/mol. The molecule has 3 rings (SSSR count). The highest BCUT2D eigenvalue weighted by Crippen LogP contribution is 2.24. The number of aromatic amines is 2. The number of nitrogen functional groups attached to an aromatic ring is 1. The van der Waals surface area contributed by atoms with Crippen molar-refractivity contribution in [1.82, 2.24) is 15.2 Å². The number of fused-ring (bicyclic) bond motifs is 1. The van der Waals surface area contributed by atoms with Gasteiger partial charge in [-0.2, -0.15) is 5.10 Å². The molecule has 0 aliphatic carbocycles. The van der Waals surface area contributed by atoms with Crippen LogP contribution >= 0.6 is 11.3 Å². The lowest BCUT2D eigenvalue weighted by molar-refractivity contribution is 1.06. The molecule has 0 radical (unpaired) electrons. The summed E-state index contributed by atoms with van der Waals surface area (Å²) in [4.78, 5) is 13.7. The van der Waals surface area contributed by atoms with Crippen LogP contribution in [0.2, 0.25) is 0 Å². The van der Waals surface area contributed by atoms with Crippen molar-refractivity contribution in [1.29, 1.82) is 0 Å². The molecule has 18 heavy (non-hydrogen) atoms. The lowest BCUT2D eigenvalue weighted by Crippen LogP contribution is -2.04. The summed E-state index contributed by atoms with van der Waals surface area (Å²) in [6.45, 7) is 0.530. The van der Waals surface area contributed by atoms with Crippen LogP contribution in [0.3, 0.4) is 0 Å². The molecule has 2 aromatic heterocycles. The number of H-pyrrole nitrogens is 2. The molecule has 92 valence electrons. The average Bonchev–Trinajstić information content (AvgIpc) is 2.94. The van der Waals surface area contributed by atoms with E-state index in [1.807, 2.05) is 12.1 Å². The first-order chi connectivity index (χ1) is 8.72. The first-order valence-electron chi connectivity index (χ1n) is 5.35. The molecule has 0 aliphatic rings. The smallest absolute Gasteiger partial charge is 0.304 e. The minimum atomic E-state index is -0.0520. The first kappa shape index (κ1) is 10.8. The summed E-state index contributed by atoms with van der Waals surface area (Å²) in [7, 11) is 0. The summed E-state index contributed by atoms with van der Waals surface area (Å²) < 4.78 is 0. The summed E-state index contributed by atoms with van der Waals surface area (Å²) in [5.74, 6) is 0. The number of hydrogen-bond acceptors (Lipinski definition) is 5. The van der Waals surface area contributed by atoms with Gasteiger partial charge in [-0.3, -0.25) is 9.89 Å². The molecule has 0 saturated heterocycles. The van der Waals surface area contributed by atoms with E-state index in [1.165, 1.54) is 0 Å². The van der Waals surface area contributed by atoms with Gasteiger partial charge >= 0.3 is 4.87 Å². The van der Waals surface area contributed by atoms with E-state index in [0.717, 1.165) is 33.6 Å². The average molecular weight is 261 g/mol. The summed E-state index contributed by atoms with van der Waals surface area (Å²) in [5.41, 5.74) is 9.18. The zero-order chi connectivity index (χ0) is 12.5. The molecular formula is C11H11N5OS. The number of benzene rings is 1. The number of aromatic nitrogens is 3. The standard InChI is InChI=1S/C11H11N5OS/c12-8-1-6-3-14-16-9(6)2-10(8)13-4-7-5-18-11(17)15-7/h1-3,5,13H,4,12H2,(H,14,16)(H,15,17). The van der Waals surface area contributed by atoms with Gasteiger partial charge in [-0.15, -0.1) is 0 Å². The normalized spacial score (nSPS) is 10.9. The van der Waals surface area contributed by atoms with Crippen molar-refractivity contribution in [3.8, 4) is 0 Å². The molecule has 0 fully saturated rings. The Kier molecular flexibility index (Phi) is 2.52. The third-order valence-corrected chi connectivity index (χ3v) is 3.37. The van der Waals surface area contributed by atoms with Crippen molar-refractivity contribution in [2.24, 2.45) is 0 Å². The highest BCUT2D eigenvalue weighted by molar-refractivity contribution is 7.07. The number of nitrogens with two attached hydrogens (primary N) is 1. The number of nitrogens with one attached hydrogen (secondary N) is 3. The summed E-state index contributed by atoms with van der Waals surface area (Å²) >= 11 is 1.15. The topological polar surface area (TPSA) is 99.6 Å². The lowest BCUT2D eigenvalue weighted by atomic mass is 10.2. The Morgan fingerprint density at radius 3 is 3.11 bits per heavy atom. The van der Waals surface area contributed by atoms with Gasteiger partial charge in [-0.1, -0.05) is 11.3 Å². The molecule has 0 amide bonds. The van der Waals surface area contributed by atoms with Crippen LogP contribution in [0.1, 0.15) is 5.69 Å². The second-order valence-electron chi connectivity index (χ2n) is 3.92. The van der Waals surface area contributed by atoms with Crippen LogP contribution in [-0.2, 0) is 6.54 Å². The van der Waals surface area contributed by atoms with Crippen LogP contribution in [-0.4, -0.2) is 15.2 Å². The minimum Gasteiger partial charge on any atom is -0.397 e. The van der Waals surface area contributed by atoms with E-state index in [0.29, 0.717) is 12.2 Å². The number of hydrogen-bond donors (Lipinski definition) is 4. The molecule has 0 spiro atoms. The molecule has 1 aromatic carbocycles. The third kappa shape index (κ3) is 1.95. The molecule has 0 unspecified atom stereocenters. The van der Waals surface area contributed by atoms with E-state index in [1.54, 1.807) is 11.6 Å². The van der Waals surface area contributed by atoms with Crippen LogP contribution in [0.25, 0.3) is 10.9 Å². The number of thiazole rings is 1. The van der Waals surface area contributed by atoms with Crippen LogP contribution in [0, 0.1) is 0 Å². The molecule has 7 heteroatoms. The van der Waals surface area contributed by atoms with Gasteiger partial charge in [0.2, 0.25) is 0 Å². The summed E-state index contributed by atoms with van der Waals surface area (Å²) in [6.07, 6.45) is 1.73. The maximum Gasteiger partial charge on any atom is 0.304 e. The third-order valence-electron chi connectivity index (χ3n) is 2.65. The zero-order valence-electron chi connectivity index (χ0n) is 9.36. The Hall–Kier alpha value is -2.28. The van der Waals surface area contributed by atoms with Crippen molar-refractivity contribution in [2.75, 3.05) is 11.1 Å². The van der Waals surface area contributed by atoms with E-state index in [-0.39, 0.29) is 4.87 Å². The Bertz CT molecular complexity index is 741. The van der Waals surface area contributed by atoms with Crippen LogP contribution in [0.5, 0.6) is 0 Å². The second-order valence-corrected chi connectivity index (χ2v) is 4.77. The molecule has 0 bridgehead atoms.